The number of rotatable bonds is 6. The minimum absolute atomic E-state index is 0.324. The zero-order valence-electron chi connectivity index (χ0n) is 13.2. The van der Waals surface area contributed by atoms with Gasteiger partial charge in [0.1, 0.15) is 16.4 Å². The lowest BCUT2D eigenvalue weighted by Gasteiger charge is -2.29. The predicted octanol–water partition coefficient (Wildman–Crippen LogP) is 2.51. The van der Waals surface area contributed by atoms with Gasteiger partial charge in [0, 0.05) is 19.2 Å². The van der Waals surface area contributed by atoms with Crippen molar-refractivity contribution in [3.63, 3.8) is 0 Å². The molecule has 0 atom stereocenters. The van der Waals surface area contributed by atoms with E-state index in [-0.39, 0.29) is 0 Å². The molecule has 21 heavy (non-hydrogen) atoms. The monoisotopic (exact) mass is 314 g/mol. The average molecular weight is 314 g/mol. The first-order valence-corrected chi connectivity index (χ1v) is 9.19. The van der Waals surface area contributed by atoms with E-state index < -0.39 is 10.0 Å². The van der Waals surface area contributed by atoms with Gasteiger partial charge in [-0.2, -0.15) is 4.31 Å². The van der Waals surface area contributed by atoms with Crippen molar-refractivity contribution in [3.05, 3.63) is 17.6 Å². The minimum Gasteiger partial charge on any atom is -0.464 e. The van der Waals surface area contributed by atoms with Crippen molar-refractivity contribution in [2.24, 2.45) is 5.92 Å². The van der Waals surface area contributed by atoms with E-state index in [1.165, 1.54) is 0 Å². The van der Waals surface area contributed by atoms with Crippen LogP contribution in [0.2, 0.25) is 0 Å². The van der Waals surface area contributed by atoms with Crippen molar-refractivity contribution < 1.29 is 12.8 Å². The molecule has 2 heterocycles. The summed E-state index contributed by atoms with van der Waals surface area (Å²) in [7, 11) is -3.41. The number of nitrogens with one attached hydrogen (secondary N) is 1. The molecular weight excluding hydrogens is 288 g/mol. The van der Waals surface area contributed by atoms with Crippen molar-refractivity contribution in [2.75, 3.05) is 19.6 Å². The summed E-state index contributed by atoms with van der Waals surface area (Å²) in [4.78, 5) is 0.324. The predicted molar refractivity (Wildman–Crippen MR) is 82.6 cm³/mol. The van der Waals surface area contributed by atoms with E-state index in [9.17, 15) is 8.42 Å². The fourth-order valence-electron chi connectivity index (χ4n) is 2.62. The molecule has 1 aromatic rings. The van der Waals surface area contributed by atoms with Gasteiger partial charge in [0.25, 0.3) is 0 Å². The van der Waals surface area contributed by atoms with Crippen molar-refractivity contribution in [3.8, 4) is 0 Å². The van der Waals surface area contributed by atoms with E-state index in [0.29, 0.717) is 42.0 Å². The number of hydrogen-bond donors (Lipinski definition) is 1. The number of furan rings is 1. The molecular formula is C15H26N2O3S. The molecule has 0 aromatic carbocycles. The Kier molecular flexibility index (Phi) is 5.46. The van der Waals surface area contributed by atoms with Crippen LogP contribution in [0.4, 0.5) is 0 Å². The summed E-state index contributed by atoms with van der Waals surface area (Å²) in [6.45, 7) is 8.67. The molecule has 0 radical (unpaired) electrons. The van der Waals surface area contributed by atoms with Gasteiger partial charge in [-0.15, -0.1) is 0 Å². The summed E-state index contributed by atoms with van der Waals surface area (Å²) < 4.78 is 32.6. The highest BCUT2D eigenvalue weighted by atomic mass is 32.2. The first-order chi connectivity index (χ1) is 9.95. The van der Waals surface area contributed by atoms with Gasteiger partial charge < -0.3 is 9.73 Å². The highest BCUT2D eigenvalue weighted by Gasteiger charge is 2.31. The zero-order valence-corrected chi connectivity index (χ0v) is 14.0. The smallest absolute Gasteiger partial charge is 0.246 e. The van der Waals surface area contributed by atoms with Crippen LogP contribution in [0, 0.1) is 12.8 Å². The fourth-order valence-corrected chi connectivity index (χ4v) is 4.28. The van der Waals surface area contributed by atoms with Gasteiger partial charge in [-0.3, -0.25) is 0 Å². The van der Waals surface area contributed by atoms with Gasteiger partial charge in [0.15, 0.2) is 0 Å². The zero-order chi connectivity index (χ0) is 15.5. The summed E-state index contributed by atoms with van der Waals surface area (Å²) in [5.74, 6) is 1.78. The molecule has 0 bridgehead atoms. The lowest BCUT2D eigenvalue weighted by atomic mass is 10.0. The first kappa shape index (κ1) is 16.5. The Hall–Kier alpha value is -0.850. The van der Waals surface area contributed by atoms with E-state index in [1.807, 2.05) is 0 Å². The third-order valence-electron chi connectivity index (χ3n) is 4.01. The van der Waals surface area contributed by atoms with Crippen LogP contribution in [0.25, 0.3) is 0 Å². The van der Waals surface area contributed by atoms with E-state index in [2.05, 4.69) is 19.2 Å². The van der Waals surface area contributed by atoms with Gasteiger partial charge in [0.2, 0.25) is 10.0 Å². The molecule has 0 saturated carbocycles. The molecule has 0 unspecified atom stereocenters. The highest BCUT2D eigenvalue weighted by molar-refractivity contribution is 7.89. The fraction of sp³-hybridized carbons (Fsp3) is 0.733. The second-order valence-corrected chi connectivity index (χ2v) is 7.80. The van der Waals surface area contributed by atoms with E-state index >= 15 is 0 Å². The molecule has 120 valence electrons. The standard InChI is InChI=1S/C15H26N2O3S/c1-4-7-16-11-14-10-15(13(3)20-14)21(18,19)17-8-5-12(2)6-9-17/h10,12,16H,4-9,11H2,1-3H3. The molecule has 1 saturated heterocycles. The SMILES string of the molecule is CCCNCc1cc(S(=O)(=O)N2CCC(C)CC2)c(C)o1. The molecule has 1 aliphatic rings. The third-order valence-corrected chi connectivity index (χ3v) is 6.02. The molecule has 6 heteroatoms. The lowest BCUT2D eigenvalue weighted by Crippen LogP contribution is -2.37. The van der Waals surface area contributed by atoms with Gasteiger partial charge in [-0.05, 0) is 38.6 Å². The Balaban J connectivity index is 2.12. The molecule has 5 nitrogen and oxygen atoms in total. The van der Waals surface area contributed by atoms with Crippen LogP contribution in [-0.4, -0.2) is 32.4 Å². The van der Waals surface area contributed by atoms with Crippen LogP contribution in [0.1, 0.15) is 44.6 Å². The molecule has 1 fully saturated rings. The Morgan fingerprint density at radius 2 is 2.05 bits per heavy atom. The number of piperidine rings is 1. The second-order valence-electron chi connectivity index (χ2n) is 5.90. The summed E-state index contributed by atoms with van der Waals surface area (Å²) in [6, 6.07) is 1.67. The van der Waals surface area contributed by atoms with Crippen molar-refractivity contribution >= 4 is 10.0 Å². The Labute approximate surface area is 127 Å². The Bertz CT molecular complexity index is 557. The highest BCUT2D eigenvalue weighted by Crippen LogP contribution is 2.27. The number of nitrogens with zero attached hydrogens (tertiary/aromatic N) is 1. The molecule has 0 spiro atoms. The normalized spacial score (nSPS) is 18.2. The van der Waals surface area contributed by atoms with Crippen LogP contribution in [0.15, 0.2) is 15.4 Å². The summed E-state index contributed by atoms with van der Waals surface area (Å²) in [5.41, 5.74) is 0. The van der Waals surface area contributed by atoms with Crippen molar-refractivity contribution in [2.45, 2.75) is 51.5 Å². The van der Waals surface area contributed by atoms with Gasteiger partial charge in [-0.1, -0.05) is 13.8 Å². The maximum Gasteiger partial charge on any atom is 0.246 e. The summed E-state index contributed by atoms with van der Waals surface area (Å²) in [6.07, 6.45) is 2.90. The van der Waals surface area contributed by atoms with Crippen LogP contribution in [-0.2, 0) is 16.6 Å². The largest absolute Gasteiger partial charge is 0.464 e. The minimum atomic E-state index is -3.41. The molecule has 1 N–H and O–H groups in total. The quantitative estimate of drug-likeness (QED) is 0.820. The van der Waals surface area contributed by atoms with Crippen LogP contribution in [0.3, 0.4) is 0 Å². The van der Waals surface area contributed by atoms with Crippen LogP contribution >= 0.6 is 0 Å². The van der Waals surface area contributed by atoms with Crippen molar-refractivity contribution in [1.82, 2.24) is 9.62 Å². The summed E-state index contributed by atoms with van der Waals surface area (Å²) >= 11 is 0. The number of sulfonamides is 1. The number of aryl methyl sites for hydroxylation is 1. The molecule has 2 rings (SSSR count). The first-order valence-electron chi connectivity index (χ1n) is 7.75. The summed E-state index contributed by atoms with van der Waals surface area (Å²) in [5, 5.41) is 3.23. The average Bonchev–Trinajstić information content (AvgIpc) is 2.81. The second kappa shape index (κ2) is 6.94. The Morgan fingerprint density at radius 1 is 1.38 bits per heavy atom. The van der Waals surface area contributed by atoms with Gasteiger partial charge in [-0.25, -0.2) is 8.42 Å². The van der Waals surface area contributed by atoms with E-state index in [1.54, 1.807) is 17.3 Å². The Morgan fingerprint density at radius 3 is 2.67 bits per heavy atom. The lowest BCUT2D eigenvalue weighted by molar-refractivity contribution is 0.287. The molecule has 0 aliphatic carbocycles. The maximum absolute atomic E-state index is 12.7. The van der Waals surface area contributed by atoms with Crippen LogP contribution < -0.4 is 5.32 Å². The molecule has 0 amide bonds. The molecule has 1 aromatic heterocycles. The van der Waals surface area contributed by atoms with E-state index in [4.69, 9.17) is 4.42 Å². The number of hydrogen-bond acceptors (Lipinski definition) is 4. The van der Waals surface area contributed by atoms with Gasteiger partial charge >= 0.3 is 0 Å². The third kappa shape index (κ3) is 3.87. The molecule has 1 aliphatic heterocycles. The van der Waals surface area contributed by atoms with Crippen LogP contribution in [0.5, 0.6) is 0 Å². The van der Waals surface area contributed by atoms with Gasteiger partial charge in [0.05, 0.1) is 6.54 Å². The van der Waals surface area contributed by atoms with Crippen molar-refractivity contribution in [1.29, 1.82) is 0 Å². The van der Waals surface area contributed by atoms with E-state index in [0.717, 1.165) is 25.8 Å². The maximum atomic E-state index is 12.7. The topological polar surface area (TPSA) is 62.6 Å².